The van der Waals surface area contributed by atoms with E-state index >= 15 is 0 Å². The molecule has 0 spiro atoms. The van der Waals surface area contributed by atoms with Crippen LogP contribution in [0.4, 0.5) is 4.79 Å². The Balaban J connectivity index is 1.74. The highest BCUT2D eigenvalue weighted by molar-refractivity contribution is 5.68. The summed E-state index contributed by atoms with van der Waals surface area (Å²) in [5, 5.41) is 0. The van der Waals surface area contributed by atoms with Crippen molar-refractivity contribution in [1.82, 2.24) is 14.7 Å². The van der Waals surface area contributed by atoms with Gasteiger partial charge in [0.25, 0.3) is 0 Å². The fraction of sp³-hybridized carbons (Fsp3) is 0.947. The lowest BCUT2D eigenvalue weighted by Crippen LogP contribution is -2.50. The summed E-state index contributed by atoms with van der Waals surface area (Å²) >= 11 is 0. The van der Waals surface area contributed by atoms with E-state index in [9.17, 15) is 4.79 Å². The minimum Gasteiger partial charge on any atom is -0.444 e. The van der Waals surface area contributed by atoms with Crippen LogP contribution in [0, 0.1) is 0 Å². The van der Waals surface area contributed by atoms with Crippen LogP contribution in [0.2, 0.25) is 0 Å². The molecule has 2 aliphatic rings. The minimum absolute atomic E-state index is 0.0783. The zero-order valence-corrected chi connectivity index (χ0v) is 16.8. The smallest absolute Gasteiger partial charge is 0.410 e. The highest BCUT2D eigenvalue weighted by Crippen LogP contribution is 2.30. The molecule has 1 amide bonds. The molecule has 6 heteroatoms. The molecule has 2 saturated heterocycles. The second kappa shape index (κ2) is 8.69. The van der Waals surface area contributed by atoms with E-state index in [-0.39, 0.29) is 11.7 Å². The van der Waals surface area contributed by atoms with Crippen molar-refractivity contribution < 1.29 is 14.3 Å². The number of nitrogens with zero attached hydrogens (tertiary/aromatic N) is 3. The molecular weight excluding hydrogens is 318 g/mol. The molecule has 0 bridgehead atoms. The third-order valence-corrected chi connectivity index (χ3v) is 5.38. The maximum absolute atomic E-state index is 12.2. The Labute approximate surface area is 153 Å². The molecule has 146 valence electrons. The van der Waals surface area contributed by atoms with Gasteiger partial charge in [0.2, 0.25) is 0 Å². The normalized spacial score (nSPS) is 22.8. The molecule has 0 N–H and O–H groups in total. The second-order valence-electron chi connectivity index (χ2n) is 8.50. The summed E-state index contributed by atoms with van der Waals surface area (Å²) in [6, 6.07) is 0. The number of likely N-dealkylation sites (N-methyl/N-ethyl adjacent to an activating group) is 1. The van der Waals surface area contributed by atoms with Crippen molar-refractivity contribution in [3.05, 3.63) is 0 Å². The number of carbonyl (C=O) groups excluding carboxylic acids is 1. The Morgan fingerprint density at radius 2 is 1.64 bits per heavy atom. The highest BCUT2D eigenvalue weighted by atomic mass is 16.6. The van der Waals surface area contributed by atoms with E-state index in [1.54, 1.807) is 0 Å². The lowest BCUT2D eigenvalue weighted by Gasteiger charge is -2.42. The Bertz CT molecular complexity index is 420. The van der Waals surface area contributed by atoms with Crippen LogP contribution >= 0.6 is 0 Å². The summed E-state index contributed by atoms with van der Waals surface area (Å²) in [6.07, 6.45) is 2.59. The summed E-state index contributed by atoms with van der Waals surface area (Å²) in [4.78, 5) is 18.9. The lowest BCUT2D eigenvalue weighted by atomic mass is 9.88. The second-order valence-corrected chi connectivity index (χ2v) is 8.50. The fourth-order valence-corrected chi connectivity index (χ4v) is 3.49. The van der Waals surface area contributed by atoms with Gasteiger partial charge in [0, 0.05) is 45.8 Å². The highest BCUT2D eigenvalue weighted by Gasteiger charge is 2.36. The number of carbonyl (C=O) groups is 1. The quantitative estimate of drug-likeness (QED) is 0.758. The predicted octanol–water partition coefficient (Wildman–Crippen LogP) is 2.43. The third kappa shape index (κ3) is 6.42. The molecule has 0 saturated carbocycles. The van der Waals surface area contributed by atoms with Crippen LogP contribution in [0.25, 0.3) is 0 Å². The number of amides is 1. The van der Waals surface area contributed by atoms with Gasteiger partial charge in [-0.25, -0.2) is 4.79 Å². The lowest BCUT2D eigenvalue weighted by molar-refractivity contribution is -0.0920. The Morgan fingerprint density at radius 3 is 2.16 bits per heavy atom. The van der Waals surface area contributed by atoms with E-state index in [0.717, 1.165) is 71.7 Å². The summed E-state index contributed by atoms with van der Waals surface area (Å²) < 4.78 is 11.8. The molecule has 0 aromatic heterocycles. The molecular formula is C19H37N3O3. The van der Waals surface area contributed by atoms with Gasteiger partial charge in [-0.1, -0.05) is 6.92 Å². The SMILES string of the molecule is CCC1(OCCN2CCN(C)CC2)CCN(C(=O)OC(C)(C)C)CC1. The van der Waals surface area contributed by atoms with Crippen molar-refractivity contribution in [1.29, 1.82) is 0 Å². The van der Waals surface area contributed by atoms with E-state index in [4.69, 9.17) is 9.47 Å². The van der Waals surface area contributed by atoms with Crippen LogP contribution in [0.1, 0.15) is 47.0 Å². The Kier molecular flexibility index (Phi) is 7.11. The summed E-state index contributed by atoms with van der Waals surface area (Å²) in [5.74, 6) is 0. The molecule has 0 aromatic rings. The standard InChI is InChI=1S/C19H37N3O3/c1-6-19(24-16-15-21-13-11-20(5)12-14-21)7-9-22(10-8-19)17(23)25-18(2,3)4/h6-16H2,1-5H3. The van der Waals surface area contributed by atoms with Crippen molar-refractivity contribution in [2.75, 3.05) is 59.5 Å². The molecule has 0 aliphatic carbocycles. The molecule has 2 rings (SSSR count). The van der Waals surface area contributed by atoms with Crippen molar-refractivity contribution in [3.8, 4) is 0 Å². The molecule has 2 fully saturated rings. The van der Waals surface area contributed by atoms with E-state index in [0.29, 0.717) is 0 Å². The fourth-order valence-electron chi connectivity index (χ4n) is 3.49. The average Bonchev–Trinajstić information content (AvgIpc) is 2.55. The average molecular weight is 356 g/mol. The Hall–Kier alpha value is -0.850. The first-order valence-corrected chi connectivity index (χ1v) is 9.76. The van der Waals surface area contributed by atoms with Crippen molar-refractivity contribution in [2.45, 2.75) is 58.2 Å². The predicted molar refractivity (Wildman–Crippen MR) is 100.0 cm³/mol. The van der Waals surface area contributed by atoms with Crippen molar-refractivity contribution in [2.24, 2.45) is 0 Å². The topological polar surface area (TPSA) is 45.2 Å². The largest absolute Gasteiger partial charge is 0.444 e. The van der Waals surface area contributed by atoms with Crippen LogP contribution in [0.15, 0.2) is 0 Å². The number of piperazine rings is 1. The molecule has 0 radical (unpaired) electrons. The molecule has 0 atom stereocenters. The molecule has 25 heavy (non-hydrogen) atoms. The van der Waals surface area contributed by atoms with Gasteiger partial charge in [0.15, 0.2) is 0 Å². The summed E-state index contributed by atoms with van der Waals surface area (Å²) in [6.45, 7) is 15.7. The zero-order valence-electron chi connectivity index (χ0n) is 16.8. The van der Waals surface area contributed by atoms with Crippen molar-refractivity contribution in [3.63, 3.8) is 0 Å². The number of likely N-dealkylation sites (tertiary alicyclic amines) is 1. The maximum atomic E-state index is 12.2. The number of hydrogen-bond donors (Lipinski definition) is 0. The van der Waals surface area contributed by atoms with Crippen LogP contribution in [-0.4, -0.2) is 91.5 Å². The van der Waals surface area contributed by atoms with Gasteiger partial charge < -0.3 is 19.3 Å². The summed E-state index contributed by atoms with van der Waals surface area (Å²) in [5.41, 5.74) is -0.513. The van der Waals surface area contributed by atoms with Crippen LogP contribution < -0.4 is 0 Å². The first kappa shape index (κ1) is 20.5. The number of ether oxygens (including phenoxy) is 2. The molecule has 2 heterocycles. The van der Waals surface area contributed by atoms with E-state index in [1.807, 2.05) is 25.7 Å². The van der Waals surface area contributed by atoms with Crippen molar-refractivity contribution >= 4 is 6.09 Å². The minimum atomic E-state index is -0.435. The molecule has 6 nitrogen and oxygen atoms in total. The van der Waals surface area contributed by atoms with Gasteiger partial charge in [0.1, 0.15) is 5.60 Å². The number of hydrogen-bond acceptors (Lipinski definition) is 5. The molecule has 0 unspecified atom stereocenters. The van der Waals surface area contributed by atoms with Gasteiger partial charge in [0.05, 0.1) is 12.2 Å². The van der Waals surface area contributed by atoms with Crippen LogP contribution in [0.5, 0.6) is 0 Å². The monoisotopic (exact) mass is 355 g/mol. The van der Waals surface area contributed by atoms with E-state index in [2.05, 4.69) is 23.8 Å². The number of piperidine rings is 1. The van der Waals surface area contributed by atoms with Gasteiger partial charge >= 0.3 is 6.09 Å². The van der Waals surface area contributed by atoms with Gasteiger partial charge in [-0.15, -0.1) is 0 Å². The van der Waals surface area contributed by atoms with E-state index < -0.39 is 5.60 Å². The molecule has 0 aromatic carbocycles. The van der Waals surface area contributed by atoms with Gasteiger partial charge in [-0.05, 0) is 47.1 Å². The van der Waals surface area contributed by atoms with Gasteiger partial charge in [-0.3, -0.25) is 4.90 Å². The first-order chi connectivity index (χ1) is 11.7. The van der Waals surface area contributed by atoms with E-state index in [1.165, 1.54) is 0 Å². The third-order valence-electron chi connectivity index (χ3n) is 5.38. The van der Waals surface area contributed by atoms with Crippen LogP contribution in [-0.2, 0) is 9.47 Å². The first-order valence-electron chi connectivity index (χ1n) is 9.76. The number of rotatable bonds is 5. The van der Waals surface area contributed by atoms with Crippen LogP contribution in [0.3, 0.4) is 0 Å². The zero-order chi connectivity index (χ0) is 18.5. The maximum Gasteiger partial charge on any atom is 0.410 e. The summed E-state index contributed by atoms with van der Waals surface area (Å²) in [7, 11) is 2.18. The Morgan fingerprint density at radius 1 is 1.04 bits per heavy atom. The molecule has 2 aliphatic heterocycles. The van der Waals surface area contributed by atoms with Gasteiger partial charge in [-0.2, -0.15) is 0 Å².